The van der Waals surface area contributed by atoms with Crippen LogP contribution < -0.4 is 5.32 Å². The predicted octanol–water partition coefficient (Wildman–Crippen LogP) is 1.13. The summed E-state index contributed by atoms with van der Waals surface area (Å²) in [6, 6.07) is 3.65. The first-order valence-corrected chi connectivity index (χ1v) is 6.57. The third kappa shape index (κ3) is 3.19. The Morgan fingerprint density at radius 1 is 1.47 bits per heavy atom. The van der Waals surface area contributed by atoms with Gasteiger partial charge in [-0.3, -0.25) is 5.32 Å². The van der Waals surface area contributed by atoms with Crippen LogP contribution in [0.5, 0.6) is 0 Å². The second-order valence-corrected chi connectivity index (χ2v) is 5.48. The average Bonchev–Trinajstić information content (AvgIpc) is 3.04. The number of nitrogens with one attached hydrogen (secondary N) is 1. The number of methoxy groups -OCH3 is 1. The van der Waals surface area contributed by atoms with Gasteiger partial charge in [0.2, 0.25) is 0 Å². The first kappa shape index (κ1) is 12.8. The molecule has 2 aliphatic rings. The average molecular weight is 237 g/mol. The van der Waals surface area contributed by atoms with Gasteiger partial charge < -0.3 is 9.64 Å². The predicted molar refractivity (Wildman–Crippen MR) is 66.6 cm³/mol. The normalized spacial score (nSPS) is 32.9. The zero-order valence-corrected chi connectivity index (χ0v) is 10.9. The molecule has 2 atom stereocenters. The van der Waals surface area contributed by atoms with Gasteiger partial charge in [0.15, 0.2) is 0 Å². The van der Waals surface area contributed by atoms with Crippen molar-refractivity contribution < 1.29 is 4.74 Å². The van der Waals surface area contributed by atoms with E-state index in [1.807, 2.05) is 0 Å². The van der Waals surface area contributed by atoms with Crippen LogP contribution in [0.4, 0.5) is 0 Å². The van der Waals surface area contributed by atoms with Crippen LogP contribution in [0.1, 0.15) is 32.1 Å². The van der Waals surface area contributed by atoms with Gasteiger partial charge in [-0.15, -0.1) is 0 Å². The highest BCUT2D eigenvalue weighted by atomic mass is 16.5. The first-order chi connectivity index (χ1) is 8.19. The van der Waals surface area contributed by atoms with Crippen molar-refractivity contribution in [3.8, 4) is 6.07 Å². The Hall–Kier alpha value is -0.630. The molecule has 17 heavy (non-hydrogen) atoms. The molecule has 0 spiro atoms. The minimum Gasteiger partial charge on any atom is -0.383 e. The Labute approximate surface area is 104 Å². The van der Waals surface area contributed by atoms with Crippen LogP contribution in [0, 0.1) is 11.3 Å². The van der Waals surface area contributed by atoms with Crippen LogP contribution in [0.2, 0.25) is 0 Å². The van der Waals surface area contributed by atoms with Crippen LogP contribution in [-0.4, -0.2) is 49.8 Å². The van der Waals surface area contributed by atoms with Gasteiger partial charge in [0.25, 0.3) is 0 Å². The number of ether oxygens (including phenoxy) is 1. The van der Waals surface area contributed by atoms with Crippen molar-refractivity contribution >= 4 is 0 Å². The summed E-state index contributed by atoms with van der Waals surface area (Å²) in [5.74, 6) is 0. The molecule has 0 heterocycles. The summed E-state index contributed by atoms with van der Waals surface area (Å²) in [5, 5.41) is 13.0. The van der Waals surface area contributed by atoms with Crippen molar-refractivity contribution in [1.29, 1.82) is 5.26 Å². The minimum atomic E-state index is -0.257. The third-order valence-electron chi connectivity index (χ3n) is 4.03. The molecular formula is C13H23N3O. The van der Waals surface area contributed by atoms with Crippen molar-refractivity contribution in [2.75, 3.05) is 27.3 Å². The molecule has 4 nitrogen and oxygen atoms in total. The molecule has 0 amide bonds. The molecule has 0 bridgehead atoms. The van der Waals surface area contributed by atoms with E-state index < -0.39 is 0 Å². The number of nitriles is 1. The lowest BCUT2D eigenvalue weighted by molar-refractivity contribution is 0.137. The quantitative estimate of drug-likeness (QED) is 0.752. The highest BCUT2D eigenvalue weighted by molar-refractivity contribution is 5.15. The van der Waals surface area contributed by atoms with Crippen LogP contribution in [0.15, 0.2) is 0 Å². The molecule has 0 aliphatic heterocycles. The molecule has 2 unspecified atom stereocenters. The smallest absolute Gasteiger partial charge is 0.108 e. The summed E-state index contributed by atoms with van der Waals surface area (Å²) < 4.78 is 5.10. The van der Waals surface area contributed by atoms with Crippen molar-refractivity contribution in [1.82, 2.24) is 10.2 Å². The van der Waals surface area contributed by atoms with Gasteiger partial charge >= 0.3 is 0 Å². The summed E-state index contributed by atoms with van der Waals surface area (Å²) in [6.45, 7) is 1.72. The Kier molecular flexibility index (Phi) is 4.03. The number of rotatable bonds is 6. The minimum absolute atomic E-state index is 0.257. The van der Waals surface area contributed by atoms with E-state index in [1.165, 1.54) is 12.8 Å². The maximum atomic E-state index is 9.41. The van der Waals surface area contributed by atoms with E-state index in [0.717, 1.165) is 32.4 Å². The number of likely N-dealkylation sites (N-methyl/N-ethyl adjacent to an activating group) is 1. The van der Waals surface area contributed by atoms with E-state index in [1.54, 1.807) is 7.11 Å². The number of hydrogen-bond acceptors (Lipinski definition) is 4. The monoisotopic (exact) mass is 237 g/mol. The molecule has 0 aromatic carbocycles. The van der Waals surface area contributed by atoms with Crippen molar-refractivity contribution in [3.63, 3.8) is 0 Å². The summed E-state index contributed by atoms with van der Waals surface area (Å²) in [7, 11) is 3.87. The van der Waals surface area contributed by atoms with E-state index in [2.05, 4.69) is 23.3 Å². The fourth-order valence-electron chi connectivity index (χ4n) is 2.70. The number of nitrogens with zero attached hydrogens (tertiary/aromatic N) is 2. The first-order valence-electron chi connectivity index (χ1n) is 6.57. The van der Waals surface area contributed by atoms with Crippen molar-refractivity contribution in [2.24, 2.45) is 0 Å². The summed E-state index contributed by atoms with van der Waals surface area (Å²) in [4.78, 5) is 2.33. The molecule has 2 saturated carbocycles. The molecule has 0 aromatic rings. The summed E-state index contributed by atoms with van der Waals surface area (Å²) in [5.41, 5.74) is -0.257. The Bertz CT molecular complexity index is 298. The highest BCUT2D eigenvalue weighted by Crippen LogP contribution is 2.35. The molecule has 0 saturated heterocycles. The Morgan fingerprint density at radius 3 is 2.82 bits per heavy atom. The lowest BCUT2D eigenvalue weighted by atomic mass is 9.99. The maximum Gasteiger partial charge on any atom is 0.108 e. The molecule has 96 valence electrons. The van der Waals surface area contributed by atoms with Gasteiger partial charge in [-0.05, 0) is 39.2 Å². The van der Waals surface area contributed by atoms with Gasteiger partial charge in [-0.1, -0.05) is 0 Å². The van der Waals surface area contributed by atoms with Crippen molar-refractivity contribution in [2.45, 2.75) is 49.7 Å². The number of hydrogen-bond donors (Lipinski definition) is 1. The third-order valence-corrected chi connectivity index (χ3v) is 4.03. The van der Waals surface area contributed by atoms with Crippen LogP contribution in [0.3, 0.4) is 0 Å². The van der Waals surface area contributed by atoms with Crippen molar-refractivity contribution in [3.05, 3.63) is 0 Å². The Balaban J connectivity index is 1.85. The zero-order chi connectivity index (χ0) is 12.3. The van der Waals surface area contributed by atoms with Crippen LogP contribution >= 0.6 is 0 Å². The van der Waals surface area contributed by atoms with Crippen LogP contribution in [0.25, 0.3) is 0 Å². The van der Waals surface area contributed by atoms with Gasteiger partial charge in [0.1, 0.15) is 5.54 Å². The molecule has 0 radical (unpaired) electrons. The molecule has 1 N–H and O–H groups in total. The highest BCUT2D eigenvalue weighted by Gasteiger charge is 2.43. The second-order valence-electron chi connectivity index (χ2n) is 5.48. The van der Waals surface area contributed by atoms with E-state index in [4.69, 9.17) is 4.74 Å². The Morgan fingerprint density at radius 2 is 2.24 bits per heavy atom. The molecule has 0 aromatic heterocycles. The summed E-state index contributed by atoms with van der Waals surface area (Å²) in [6.07, 6.45) is 5.55. The van der Waals surface area contributed by atoms with Gasteiger partial charge in [-0.25, -0.2) is 0 Å². The fraction of sp³-hybridized carbons (Fsp3) is 0.923. The maximum absolute atomic E-state index is 9.41. The topological polar surface area (TPSA) is 48.3 Å². The fourth-order valence-corrected chi connectivity index (χ4v) is 2.70. The second kappa shape index (κ2) is 5.34. The van der Waals surface area contributed by atoms with E-state index >= 15 is 0 Å². The standard InChI is InChI=1S/C13H23N3O/c1-16(7-8-17-2)12-5-6-13(9-12,10-14)15-11-3-4-11/h11-12,15H,3-9H2,1-2H3. The van der Waals surface area contributed by atoms with E-state index in [9.17, 15) is 5.26 Å². The SMILES string of the molecule is COCCN(C)C1CCC(C#N)(NC2CC2)C1. The lowest BCUT2D eigenvalue weighted by Crippen LogP contribution is -2.44. The zero-order valence-electron chi connectivity index (χ0n) is 10.9. The molecule has 2 rings (SSSR count). The molecule has 4 heteroatoms. The van der Waals surface area contributed by atoms with Gasteiger partial charge in [0, 0.05) is 25.7 Å². The molecular weight excluding hydrogens is 214 g/mol. The van der Waals surface area contributed by atoms with E-state index in [-0.39, 0.29) is 5.54 Å². The lowest BCUT2D eigenvalue weighted by Gasteiger charge is -2.27. The molecule has 2 aliphatic carbocycles. The summed E-state index contributed by atoms with van der Waals surface area (Å²) >= 11 is 0. The van der Waals surface area contributed by atoms with Gasteiger partial charge in [-0.2, -0.15) is 5.26 Å². The van der Waals surface area contributed by atoms with Gasteiger partial charge in [0.05, 0.1) is 12.7 Å². The largest absolute Gasteiger partial charge is 0.383 e. The van der Waals surface area contributed by atoms with E-state index in [0.29, 0.717) is 12.1 Å². The molecule has 2 fully saturated rings. The van der Waals surface area contributed by atoms with Crippen LogP contribution in [-0.2, 0) is 4.74 Å².